The van der Waals surface area contributed by atoms with Crippen LogP contribution in [-0.4, -0.2) is 68.3 Å². The number of anilines is 1. The van der Waals surface area contributed by atoms with Crippen LogP contribution in [-0.2, 0) is 0 Å². The summed E-state index contributed by atoms with van der Waals surface area (Å²) in [5.41, 5.74) is 0.789. The summed E-state index contributed by atoms with van der Waals surface area (Å²) in [6.07, 6.45) is 6.24. The van der Waals surface area contributed by atoms with Crippen LogP contribution in [0.15, 0.2) is 41.9 Å². The van der Waals surface area contributed by atoms with E-state index in [1.165, 1.54) is 17.3 Å². The van der Waals surface area contributed by atoms with Gasteiger partial charge in [0, 0.05) is 51.2 Å². The second kappa shape index (κ2) is 8.86. The lowest BCUT2D eigenvalue weighted by atomic mass is 10.0. The quantitative estimate of drug-likeness (QED) is 0.638. The van der Waals surface area contributed by atoms with Crippen LogP contribution in [0.3, 0.4) is 0 Å². The minimum Gasteiger partial charge on any atom is -0.343 e. The number of carbonyl (C=O) groups excluding carboxylic acids is 1. The van der Waals surface area contributed by atoms with Crippen molar-refractivity contribution in [3.8, 4) is 17.6 Å². The molecule has 3 aromatic rings. The van der Waals surface area contributed by atoms with E-state index in [4.69, 9.17) is 5.26 Å². The maximum absolute atomic E-state index is 14.2. The summed E-state index contributed by atoms with van der Waals surface area (Å²) >= 11 is 0. The Morgan fingerprint density at radius 3 is 2.71 bits per heavy atom. The number of benzene rings is 1. The Labute approximate surface area is 193 Å². The Balaban J connectivity index is 1.27. The Morgan fingerprint density at radius 2 is 1.97 bits per heavy atom. The Kier molecular flexibility index (Phi) is 5.59. The first kappa shape index (κ1) is 21.4. The summed E-state index contributed by atoms with van der Waals surface area (Å²) in [5, 5.41) is 14.7. The van der Waals surface area contributed by atoms with E-state index in [0.29, 0.717) is 49.9 Å². The molecule has 0 radical (unpaired) electrons. The molecule has 2 amide bonds. The van der Waals surface area contributed by atoms with Crippen molar-refractivity contribution in [2.75, 3.05) is 31.1 Å². The van der Waals surface area contributed by atoms with Crippen LogP contribution < -0.4 is 4.90 Å². The van der Waals surface area contributed by atoms with Gasteiger partial charge in [-0.25, -0.2) is 33.5 Å². The molecule has 2 aliphatic heterocycles. The fraction of sp³-hybridized carbons (Fsp3) is 0.273. The summed E-state index contributed by atoms with van der Waals surface area (Å²) in [6.45, 7) is 1.63. The predicted molar refractivity (Wildman–Crippen MR) is 118 cm³/mol. The molecule has 1 N–H and O–H groups in total. The van der Waals surface area contributed by atoms with Crippen molar-refractivity contribution in [2.24, 2.45) is 5.10 Å². The van der Waals surface area contributed by atoms with Crippen LogP contribution in [0.4, 0.5) is 19.5 Å². The van der Waals surface area contributed by atoms with Gasteiger partial charge in [0.25, 0.3) is 0 Å². The molecule has 1 saturated heterocycles. The normalized spacial score (nSPS) is 17.8. The van der Waals surface area contributed by atoms with Crippen molar-refractivity contribution in [1.82, 2.24) is 29.8 Å². The van der Waals surface area contributed by atoms with E-state index in [1.807, 2.05) is 11.0 Å². The SMILES string of the molecule is N#Cc1cc(F)cc(C2CC=NN2C(=O)N2CCN(c3ncc(F)c(-c4ncc[nH]4)n3)CC2)c1. The van der Waals surface area contributed by atoms with Gasteiger partial charge in [-0.2, -0.15) is 10.4 Å². The molecule has 10 nitrogen and oxygen atoms in total. The third kappa shape index (κ3) is 4.03. The Morgan fingerprint density at radius 1 is 1.15 bits per heavy atom. The third-order valence-corrected chi connectivity index (χ3v) is 5.75. The molecular weight excluding hydrogens is 444 g/mol. The Hall–Kier alpha value is -4.40. The number of piperazine rings is 1. The molecule has 4 heterocycles. The molecule has 1 fully saturated rings. The standard InChI is InChI=1S/C22H19F2N9O/c23-16-10-14(12-25)9-15(11-16)18-1-2-29-33(18)22(34)32-7-5-31(6-8-32)21-28-13-17(24)19(30-21)20-26-3-4-27-20/h2-4,9-11,13,18H,1,5-8H2,(H,26,27). The number of hydrogen-bond acceptors (Lipinski definition) is 7. The molecule has 1 aromatic carbocycles. The molecule has 34 heavy (non-hydrogen) atoms. The maximum Gasteiger partial charge on any atom is 0.341 e. The molecule has 0 spiro atoms. The maximum atomic E-state index is 14.2. The van der Waals surface area contributed by atoms with Crippen LogP contribution in [0, 0.1) is 23.0 Å². The molecule has 0 aliphatic carbocycles. The molecule has 172 valence electrons. The number of H-pyrrole nitrogens is 1. The average Bonchev–Trinajstić information content (AvgIpc) is 3.56. The number of imidazole rings is 1. The highest BCUT2D eigenvalue weighted by Crippen LogP contribution is 2.31. The van der Waals surface area contributed by atoms with E-state index < -0.39 is 17.7 Å². The molecule has 12 heteroatoms. The average molecular weight is 463 g/mol. The van der Waals surface area contributed by atoms with E-state index in [-0.39, 0.29) is 17.3 Å². The molecule has 0 bridgehead atoms. The second-order valence-electron chi connectivity index (χ2n) is 7.84. The summed E-state index contributed by atoms with van der Waals surface area (Å²) in [6, 6.07) is 5.19. The summed E-state index contributed by atoms with van der Waals surface area (Å²) in [4.78, 5) is 32.0. The zero-order valence-electron chi connectivity index (χ0n) is 17.9. The number of hydrogen-bond donors (Lipinski definition) is 1. The number of rotatable bonds is 3. The number of nitrogens with one attached hydrogen (secondary N) is 1. The van der Waals surface area contributed by atoms with Gasteiger partial charge in [0.15, 0.2) is 11.6 Å². The number of halogens is 2. The smallest absolute Gasteiger partial charge is 0.341 e. The van der Waals surface area contributed by atoms with Crippen molar-refractivity contribution in [3.63, 3.8) is 0 Å². The lowest BCUT2D eigenvalue weighted by Gasteiger charge is -2.37. The minimum atomic E-state index is -0.581. The highest BCUT2D eigenvalue weighted by atomic mass is 19.1. The molecule has 1 atom stereocenters. The highest BCUT2D eigenvalue weighted by Gasteiger charge is 2.34. The molecule has 1 unspecified atom stereocenters. The lowest BCUT2D eigenvalue weighted by molar-refractivity contribution is 0.139. The zero-order chi connectivity index (χ0) is 23.7. The number of urea groups is 1. The summed E-state index contributed by atoms with van der Waals surface area (Å²) < 4.78 is 28.1. The fourth-order valence-corrected chi connectivity index (χ4v) is 4.06. The van der Waals surface area contributed by atoms with E-state index in [9.17, 15) is 13.6 Å². The summed E-state index contributed by atoms with van der Waals surface area (Å²) in [5.74, 6) is -0.455. The molecule has 5 rings (SSSR count). The number of aromatic nitrogens is 4. The first-order chi connectivity index (χ1) is 16.5. The number of carbonyl (C=O) groups is 1. The van der Waals surface area contributed by atoms with E-state index in [2.05, 4.69) is 25.0 Å². The van der Waals surface area contributed by atoms with Crippen molar-refractivity contribution < 1.29 is 13.6 Å². The molecule has 2 aromatic heterocycles. The van der Waals surface area contributed by atoms with Gasteiger partial charge in [0.1, 0.15) is 11.5 Å². The number of aromatic amines is 1. The topological polar surface area (TPSA) is 117 Å². The monoisotopic (exact) mass is 463 g/mol. The van der Waals surface area contributed by atoms with Crippen LogP contribution in [0.2, 0.25) is 0 Å². The zero-order valence-corrected chi connectivity index (χ0v) is 17.9. The summed E-state index contributed by atoms with van der Waals surface area (Å²) in [7, 11) is 0. The Bertz CT molecular complexity index is 1280. The van der Waals surface area contributed by atoms with E-state index >= 15 is 0 Å². The number of hydrazone groups is 1. The third-order valence-electron chi connectivity index (χ3n) is 5.75. The number of nitriles is 1. The predicted octanol–water partition coefficient (Wildman–Crippen LogP) is 2.69. The van der Waals surface area contributed by atoms with Gasteiger partial charge in [0.05, 0.1) is 23.9 Å². The molecule has 2 aliphatic rings. The van der Waals surface area contributed by atoms with Gasteiger partial charge in [-0.05, 0) is 23.8 Å². The van der Waals surface area contributed by atoms with Crippen molar-refractivity contribution >= 4 is 18.2 Å². The van der Waals surface area contributed by atoms with Crippen molar-refractivity contribution in [2.45, 2.75) is 12.5 Å². The van der Waals surface area contributed by atoms with Crippen LogP contribution in [0.25, 0.3) is 11.5 Å². The van der Waals surface area contributed by atoms with Gasteiger partial charge < -0.3 is 14.8 Å². The van der Waals surface area contributed by atoms with Gasteiger partial charge in [-0.1, -0.05) is 0 Å². The largest absolute Gasteiger partial charge is 0.343 e. The highest BCUT2D eigenvalue weighted by molar-refractivity contribution is 5.79. The van der Waals surface area contributed by atoms with Crippen molar-refractivity contribution in [1.29, 1.82) is 5.26 Å². The first-order valence-electron chi connectivity index (χ1n) is 10.6. The fourth-order valence-electron chi connectivity index (χ4n) is 4.06. The van der Waals surface area contributed by atoms with Crippen LogP contribution in [0.1, 0.15) is 23.6 Å². The second-order valence-corrected chi connectivity index (χ2v) is 7.84. The molecule has 0 saturated carbocycles. The van der Waals surface area contributed by atoms with Crippen LogP contribution >= 0.6 is 0 Å². The van der Waals surface area contributed by atoms with Gasteiger partial charge in [-0.3, -0.25) is 0 Å². The van der Waals surface area contributed by atoms with Gasteiger partial charge in [0.2, 0.25) is 5.95 Å². The lowest BCUT2D eigenvalue weighted by Crippen LogP contribution is -2.52. The van der Waals surface area contributed by atoms with E-state index in [1.54, 1.807) is 23.4 Å². The van der Waals surface area contributed by atoms with Crippen molar-refractivity contribution in [3.05, 3.63) is 59.6 Å². The van der Waals surface area contributed by atoms with E-state index in [0.717, 1.165) is 12.3 Å². The number of amides is 2. The minimum absolute atomic E-state index is 0.0783. The number of nitrogens with zero attached hydrogens (tertiary/aromatic N) is 8. The first-order valence-corrected chi connectivity index (χ1v) is 10.6. The molecular formula is C22H19F2N9O. The van der Waals surface area contributed by atoms with Crippen LogP contribution in [0.5, 0.6) is 0 Å². The van der Waals surface area contributed by atoms with Gasteiger partial charge in [-0.15, -0.1) is 0 Å². The van der Waals surface area contributed by atoms with Gasteiger partial charge >= 0.3 is 6.03 Å².